The van der Waals surface area contributed by atoms with Gasteiger partial charge in [-0.25, -0.2) is 4.98 Å². The molecule has 3 nitrogen and oxygen atoms in total. The summed E-state index contributed by atoms with van der Waals surface area (Å²) in [5.74, 6) is 2.02. The Balaban J connectivity index is 2.26. The Kier molecular flexibility index (Phi) is 3.40. The van der Waals surface area contributed by atoms with Crippen molar-refractivity contribution >= 4 is 21.9 Å². The lowest BCUT2D eigenvalue weighted by molar-refractivity contribution is 0.476. The van der Waals surface area contributed by atoms with Gasteiger partial charge >= 0.3 is 0 Å². The number of hydrogen-bond donors (Lipinski definition) is 1. The van der Waals surface area contributed by atoms with Crippen LogP contribution in [0.25, 0.3) is 22.4 Å². The molecule has 0 fully saturated rings. The molecule has 102 valence electrons. The zero-order valence-corrected chi connectivity index (χ0v) is 12.4. The van der Waals surface area contributed by atoms with E-state index in [0.29, 0.717) is 0 Å². The van der Waals surface area contributed by atoms with Crippen LogP contribution < -0.4 is 0 Å². The number of nitrogens with zero attached hydrogens (tertiary/aromatic N) is 2. The van der Waals surface area contributed by atoms with Gasteiger partial charge in [0.2, 0.25) is 0 Å². The summed E-state index contributed by atoms with van der Waals surface area (Å²) in [6.45, 7) is 0. The predicted octanol–water partition coefficient (Wildman–Crippen LogP) is 3.24. The fourth-order valence-electron chi connectivity index (χ4n) is 2.33. The second-order valence-corrected chi connectivity index (χ2v) is 7.21. The summed E-state index contributed by atoms with van der Waals surface area (Å²) < 4.78 is 2.20. The quantitative estimate of drug-likeness (QED) is 0.750. The summed E-state index contributed by atoms with van der Waals surface area (Å²) in [7, 11) is 0.250. The van der Waals surface area contributed by atoms with Crippen LogP contribution in [-0.4, -0.2) is 27.2 Å². The number of benzene rings is 2. The number of phenols is 1. The summed E-state index contributed by atoms with van der Waals surface area (Å²) in [6, 6.07) is 15.5. The molecule has 0 aliphatic carbocycles. The second-order valence-electron chi connectivity index (χ2n) is 4.98. The van der Waals surface area contributed by atoms with Gasteiger partial charge in [0, 0.05) is 10.9 Å². The van der Waals surface area contributed by atoms with Crippen LogP contribution in [0.1, 0.15) is 0 Å². The summed E-state index contributed by atoms with van der Waals surface area (Å²) >= 11 is 0. The van der Waals surface area contributed by atoms with Crippen molar-refractivity contribution in [3.05, 3.63) is 48.5 Å². The van der Waals surface area contributed by atoms with Crippen LogP contribution in [0.4, 0.5) is 0 Å². The SMILES string of the molecule is C[S+](C)Cn1c(-c2ccccc2O)nc2ccccc21. The second kappa shape index (κ2) is 5.21. The Morgan fingerprint density at radius 1 is 1.05 bits per heavy atom. The fraction of sp³-hybridized carbons (Fsp3) is 0.188. The molecule has 4 heteroatoms. The van der Waals surface area contributed by atoms with E-state index >= 15 is 0 Å². The highest BCUT2D eigenvalue weighted by molar-refractivity contribution is 7.94. The van der Waals surface area contributed by atoms with E-state index in [1.54, 1.807) is 6.07 Å². The van der Waals surface area contributed by atoms with Crippen LogP contribution in [0.3, 0.4) is 0 Å². The van der Waals surface area contributed by atoms with Gasteiger partial charge in [-0.1, -0.05) is 24.3 Å². The average molecular weight is 285 g/mol. The normalized spacial score (nSPS) is 11.3. The first-order valence-electron chi connectivity index (χ1n) is 6.44. The number of para-hydroxylation sites is 3. The minimum atomic E-state index is 0.250. The van der Waals surface area contributed by atoms with Crippen LogP contribution in [0.5, 0.6) is 5.75 Å². The topological polar surface area (TPSA) is 38.0 Å². The number of hydrogen-bond acceptors (Lipinski definition) is 2. The first-order chi connectivity index (χ1) is 9.66. The van der Waals surface area contributed by atoms with Crippen LogP contribution in [-0.2, 0) is 16.8 Å². The first-order valence-corrected chi connectivity index (χ1v) is 8.65. The predicted molar refractivity (Wildman–Crippen MR) is 86.0 cm³/mol. The van der Waals surface area contributed by atoms with Crippen molar-refractivity contribution in [3.8, 4) is 17.1 Å². The van der Waals surface area contributed by atoms with Gasteiger partial charge in [-0.15, -0.1) is 0 Å². The van der Waals surface area contributed by atoms with E-state index in [1.165, 1.54) is 0 Å². The lowest BCUT2D eigenvalue weighted by Crippen LogP contribution is -2.09. The molecule has 3 aromatic rings. The molecular weight excluding hydrogens is 268 g/mol. The largest absolute Gasteiger partial charge is 0.507 e. The van der Waals surface area contributed by atoms with Crippen LogP contribution in [0, 0.1) is 0 Å². The number of fused-ring (bicyclic) bond motifs is 1. The molecule has 0 aliphatic rings. The van der Waals surface area contributed by atoms with E-state index < -0.39 is 0 Å². The fourth-order valence-corrected chi connectivity index (χ4v) is 3.11. The van der Waals surface area contributed by atoms with Crippen molar-refractivity contribution in [1.82, 2.24) is 9.55 Å². The van der Waals surface area contributed by atoms with Crippen molar-refractivity contribution < 1.29 is 5.11 Å². The third-order valence-corrected chi connectivity index (χ3v) is 3.96. The zero-order valence-electron chi connectivity index (χ0n) is 11.6. The van der Waals surface area contributed by atoms with Gasteiger partial charge in [-0.2, -0.15) is 0 Å². The van der Waals surface area contributed by atoms with E-state index in [4.69, 9.17) is 4.98 Å². The van der Waals surface area contributed by atoms with Gasteiger partial charge < -0.3 is 5.11 Å². The van der Waals surface area contributed by atoms with Gasteiger partial charge in [0.25, 0.3) is 0 Å². The molecule has 0 aliphatic heterocycles. The van der Waals surface area contributed by atoms with Crippen LogP contribution in [0.15, 0.2) is 48.5 Å². The minimum absolute atomic E-state index is 0.250. The number of imidazole rings is 1. The molecule has 0 unspecified atom stereocenters. The maximum absolute atomic E-state index is 10.1. The Labute approximate surface area is 121 Å². The molecule has 0 bridgehead atoms. The molecule has 2 aromatic carbocycles. The molecular formula is C16H17N2OS+. The highest BCUT2D eigenvalue weighted by Gasteiger charge is 2.18. The number of phenolic OH excluding ortho intramolecular Hbond substituents is 1. The number of aromatic nitrogens is 2. The molecule has 0 saturated heterocycles. The monoisotopic (exact) mass is 285 g/mol. The van der Waals surface area contributed by atoms with E-state index in [0.717, 1.165) is 28.3 Å². The van der Waals surface area contributed by atoms with Crippen LogP contribution in [0.2, 0.25) is 0 Å². The molecule has 0 spiro atoms. The molecule has 0 atom stereocenters. The first kappa shape index (κ1) is 13.1. The van der Waals surface area contributed by atoms with Gasteiger partial charge in [0.15, 0.2) is 5.88 Å². The highest BCUT2D eigenvalue weighted by Crippen LogP contribution is 2.31. The standard InChI is InChI=1S/C16H16N2OS/c1-20(2)11-18-14-9-5-4-8-13(14)17-16(18)12-7-3-6-10-15(12)19/h3-10H,11H2,1-2H3/p+1. The summed E-state index contributed by atoms with van der Waals surface area (Å²) in [5.41, 5.74) is 2.87. The smallest absolute Gasteiger partial charge is 0.185 e. The van der Waals surface area contributed by atoms with Gasteiger partial charge in [-0.3, -0.25) is 4.57 Å². The summed E-state index contributed by atoms with van der Waals surface area (Å²) in [5, 5.41) is 10.1. The average Bonchev–Trinajstić information content (AvgIpc) is 2.78. The maximum atomic E-state index is 10.1. The molecule has 1 N–H and O–H groups in total. The van der Waals surface area contributed by atoms with E-state index in [-0.39, 0.29) is 16.6 Å². The minimum Gasteiger partial charge on any atom is -0.507 e. The third-order valence-electron chi connectivity index (χ3n) is 3.19. The molecule has 3 rings (SSSR count). The highest BCUT2D eigenvalue weighted by atomic mass is 32.2. The van der Waals surface area contributed by atoms with Gasteiger partial charge in [0.05, 0.1) is 29.1 Å². The van der Waals surface area contributed by atoms with Gasteiger partial charge in [-0.05, 0) is 24.3 Å². The van der Waals surface area contributed by atoms with Crippen molar-refractivity contribution in [3.63, 3.8) is 0 Å². The van der Waals surface area contributed by atoms with Crippen molar-refractivity contribution in [2.24, 2.45) is 0 Å². The van der Waals surface area contributed by atoms with Crippen molar-refractivity contribution in [2.45, 2.75) is 5.88 Å². The Hall–Kier alpha value is -1.94. The maximum Gasteiger partial charge on any atom is 0.185 e. The Morgan fingerprint density at radius 2 is 1.75 bits per heavy atom. The molecule has 0 amide bonds. The summed E-state index contributed by atoms with van der Waals surface area (Å²) in [6.07, 6.45) is 4.42. The van der Waals surface area contributed by atoms with Gasteiger partial charge in [0.1, 0.15) is 11.6 Å². The summed E-state index contributed by atoms with van der Waals surface area (Å²) in [4.78, 5) is 4.70. The Bertz CT molecular complexity index is 749. The van der Waals surface area contributed by atoms with E-state index in [1.807, 2.05) is 36.4 Å². The molecule has 1 aromatic heterocycles. The zero-order chi connectivity index (χ0) is 14.1. The van der Waals surface area contributed by atoms with E-state index in [2.05, 4.69) is 23.1 Å². The van der Waals surface area contributed by atoms with Crippen molar-refractivity contribution in [1.29, 1.82) is 0 Å². The Morgan fingerprint density at radius 3 is 2.50 bits per heavy atom. The van der Waals surface area contributed by atoms with Crippen molar-refractivity contribution in [2.75, 3.05) is 12.5 Å². The third kappa shape index (κ3) is 2.27. The molecule has 20 heavy (non-hydrogen) atoms. The van der Waals surface area contributed by atoms with Crippen LogP contribution >= 0.6 is 0 Å². The molecule has 0 saturated carbocycles. The van der Waals surface area contributed by atoms with E-state index in [9.17, 15) is 5.11 Å². The molecule has 1 heterocycles. The number of aromatic hydroxyl groups is 1. The lowest BCUT2D eigenvalue weighted by Gasteiger charge is -2.08. The number of rotatable bonds is 3. The lowest BCUT2D eigenvalue weighted by atomic mass is 10.2. The molecule has 0 radical (unpaired) electrons.